The minimum absolute atomic E-state index is 0.170. The van der Waals surface area contributed by atoms with Gasteiger partial charge in [-0.3, -0.25) is 4.90 Å². The van der Waals surface area contributed by atoms with Crippen molar-refractivity contribution in [3.63, 3.8) is 0 Å². The lowest BCUT2D eigenvalue weighted by atomic mass is 10.2. The third-order valence-electron chi connectivity index (χ3n) is 3.54. The number of rotatable bonds is 6. The van der Waals surface area contributed by atoms with Crippen LogP contribution in [0.1, 0.15) is 12.0 Å². The van der Waals surface area contributed by atoms with Crippen LogP contribution in [0.25, 0.3) is 0 Å². The molecule has 0 atom stereocenters. The second-order valence-electron chi connectivity index (χ2n) is 5.23. The Bertz CT molecular complexity index is 597. The highest BCUT2D eigenvalue weighted by molar-refractivity contribution is 7.89. The van der Waals surface area contributed by atoms with Crippen molar-refractivity contribution in [1.29, 1.82) is 0 Å². The van der Waals surface area contributed by atoms with Crippen molar-refractivity contribution < 1.29 is 26.3 Å². The zero-order valence-corrected chi connectivity index (χ0v) is 13.3. The van der Waals surface area contributed by atoms with Crippen molar-refractivity contribution in [2.45, 2.75) is 17.5 Å². The van der Waals surface area contributed by atoms with Crippen molar-refractivity contribution in [3.05, 3.63) is 29.8 Å². The Morgan fingerprint density at radius 1 is 1.13 bits per heavy atom. The first-order chi connectivity index (χ1) is 10.8. The molecule has 130 valence electrons. The smallest absolute Gasteiger partial charge is 0.379 e. The maximum Gasteiger partial charge on any atom is 0.416 e. The van der Waals surface area contributed by atoms with Gasteiger partial charge in [-0.05, 0) is 37.2 Å². The van der Waals surface area contributed by atoms with E-state index >= 15 is 0 Å². The third kappa shape index (κ3) is 5.45. The summed E-state index contributed by atoms with van der Waals surface area (Å²) in [6.07, 6.45) is -3.85. The summed E-state index contributed by atoms with van der Waals surface area (Å²) in [4.78, 5) is 2.01. The van der Waals surface area contributed by atoms with Crippen LogP contribution >= 0.6 is 0 Å². The summed E-state index contributed by atoms with van der Waals surface area (Å²) >= 11 is 0. The monoisotopic (exact) mass is 352 g/mol. The Morgan fingerprint density at radius 2 is 1.74 bits per heavy atom. The van der Waals surface area contributed by atoms with E-state index in [1.54, 1.807) is 0 Å². The van der Waals surface area contributed by atoms with Gasteiger partial charge in [0.2, 0.25) is 10.0 Å². The van der Waals surface area contributed by atoms with E-state index in [4.69, 9.17) is 4.74 Å². The van der Waals surface area contributed by atoms with E-state index in [-0.39, 0.29) is 11.4 Å². The first-order valence-electron chi connectivity index (χ1n) is 7.26. The van der Waals surface area contributed by atoms with Gasteiger partial charge in [-0.15, -0.1) is 0 Å². The van der Waals surface area contributed by atoms with Crippen molar-refractivity contribution in [2.24, 2.45) is 0 Å². The Labute approximate surface area is 133 Å². The van der Waals surface area contributed by atoms with Gasteiger partial charge in [-0.1, -0.05) is 0 Å². The molecule has 5 nitrogen and oxygen atoms in total. The molecule has 0 aliphatic carbocycles. The van der Waals surface area contributed by atoms with Crippen molar-refractivity contribution in [2.75, 3.05) is 39.4 Å². The van der Waals surface area contributed by atoms with Gasteiger partial charge in [0.15, 0.2) is 0 Å². The van der Waals surface area contributed by atoms with Crippen molar-refractivity contribution >= 4 is 10.0 Å². The highest BCUT2D eigenvalue weighted by atomic mass is 32.2. The van der Waals surface area contributed by atoms with Gasteiger partial charge in [-0.25, -0.2) is 13.1 Å². The van der Waals surface area contributed by atoms with E-state index in [1.807, 2.05) is 0 Å². The summed E-state index contributed by atoms with van der Waals surface area (Å²) in [7, 11) is -3.79. The number of morpholine rings is 1. The molecule has 1 fully saturated rings. The summed E-state index contributed by atoms with van der Waals surface area (Å²) in [6.45, 7) is 3.99. The molecule has 1 aromatic carbocycles. The fourth-order valence-electron chi connectivity index (χ4n) is 2.24. The van der Waals surface area contributed by atoms with Gasteiger partial charge in [0, 0.05) is 19.6 Å². The largest absolute Gasteiger partial charge is 0.416 e. The molecule has 1 heterocycles. The van der Waals surface area contributed by atoms with Crippen LogP contribution in [0.5, 0.6) is 0 Å². The topological polar surface area (TPSA) is 58.6 Å². The molecule has 0 amide bonds. The predicted molar refractivity (Wildman–Crippen MR) is 78.5 cm³/mol. The number of nitrogens with zero attached hydrogens (tertiary/aromatic N) is 1. The number of hydrogen-bond donors (Lipinski definition) is 1. The molecule has 2 rings (SSSR count). The van der Waals surface area contributed by atoms with Crippen LogP contribution in [0.4, 0.5) is 13.2 Å². The molecule has 1 aromatic rings. The Kier molecular flexibility index (Phi) is 6.01. The zero-order valence-electron chi connectivity index (χ0n) is 12.5. The lowest BCUT2D eigenvalue weighted by molar-refractivity contribution is -0.137. The van der Waals surface area contributed by atoms with Crippen molar-refractivity contribution in [3.8, 4) is 0 Å². The molecule has 1 saturated heterocycles. The molecule has 0 aromatic heterocycles. The molecular weight excluding hydrogens is 333 g/mol. The first-order valence-corrected chi connectivity index (χ1v) is 8.74. The average molecular weight is 352 g/mol. The molecule has 0 radical (unpaired) electrons. The highest BCUT2D eigenvalue weighted by Crippen LogP contribution is 2.29. The standard InChI is InChI=1S/C14H19F3N2O3S/c15-14(16,17)12-2-4-13(5-3-12)23(20,21)18-6-1-7-19-8-10-22-11-9-19/h2-5,18H,1,6-11H2. The molecule has 23 heavy (non-hydrogen) atoms. The second kappa shape index (κ2) is 7.61. The average Bonchev–Trinajstić information content (AvgIpc) is 2.52. The second-order valence-corrected chi connectivity index (χ2v) is 6.99. The number of ether oxygens (including phenoxy) is 1. The fourth-order valence-corrected chi connectivity index (χ4v) is 3.31. The van der Waals surface area contributed by atoms with E-state index in [1.165, 1.54) is 0 Å². The van der Waals surface area contributed by atoms with Crippen LogP contribution in [0.3, 0.4) is 0 Å². The number of alkyl halides is 3. The summed E-state index contributed by atoms with van der Waals surface area (Å²) in [6, 6.07) is 3.46. The van der Waals surface area contributed by atoms with Crippen LogP contribution in [0.2, 0.25) is 0 Å². The lowest BCUT2D eigenvalue weighted by Gasteiger charge is -2.26. The van der Waals surface area contributed by atoms with Gasteiger partial charge in [0.25, 0.3) is 0 Å². The van der Waals surface area contributed by atoms with E-state index in [9.17, 15) is 21.6 Å². The molecule has 0 spiro atoms. The molecule has 0 unspecified atom stereocenters. The number of nitrogens with one attached hydrogen (secondary N) is 1. The van der Waals surface area contributed by atoms with E-state index in [0.717, 1.165) is 43.9 Å². The number of benzene rings is 1. The Hall–Kier alpha value is -1.16. The van der Waals surface area contributed by atoms with Gasteiger partial charge >= 0.3 is 6.18 Å². The molecular formula is C14H19F3N2O3S. The fraction of sp³-hybridized carbons (Fsp3) is 0.571. The molecule has 0 saturated carbocycles. The van der Waals surface area contributed by atoms with Gasteiger partial charge in [0.05, 0.1) is 23.7 Å². The number of halogens is 3. The lowest BCUT2D eigenvalue weighted by Crippen LogP contribution is -2.38. The molecule has 1 aliphatic rings. The molecule has 9 heteroatoms. The van der Waals surface area contributed by atoms with Crippen LogP contribution < -0.4 is 4.72 Å². The van der Waals surface area contributed by atoms with Crippen LogP contribution in [0.15, 0.2) is 29.2 Å². The minimum atomic E-state index is -4.48. The van der Waals surface area contributed by atoms with Gasteiger partial charge in [0.1, 0.15) is 0 Å². The third-order valence-corrected chi connectivity index (χ3v) is 5.02. The van der Waals surface area contributed by atoms with E-state index in [0.29, 0.717) is 19.6 Å². The summed E-state index contributed by atoms with van der Waals surface area (Å²) in [5.74, 6) is 0. The van der Waals surface area contributed by atoms with Crippen LogP contribution in [-0.2, 0) is 20.9 Å². The van der Waals surface area contributed by atoms with Gasteiger partial charge in [-0.2, -0.15) is 13.2 Å². The highest BCUT2D eigenvalue weighted by Gasteiger charge is 2.30. The normalized spacial score (nSPS) is 17.3. The summed E-state index contributed by atoms with van der Waals surface area (Å²) < 4.78 is 69.0. The maximum atomic E-state index is 12.5. The van der Waals surface area contributed by atoms with Crippen LogP contribution in [-0.4, -0.2) is 52.7 Å². The molecule has 1 aliphatic heterocycles. The summed E-state index contributed by atoms with van der Waals surface area (Å²) in [5.41, 5.74) is -0.872. The Morgan fingerprint density at radius 3 is 2.30 bits per heavy atom. The number of hydrogen-bond acceptors (Lipinski definition) is 4. The van der Waals surface area contributed by atoms with Crippen LogP contribution in [0, 0.1) is 0 Å². The Balaban J connectivity index is 1.83. The SMILES string of the molecule is O=S(=O)(NCCCN1CCOCC1)c1ccc(C(F)(F)F)cc1. The zero-order chi connectivity index (χ0) is 16.9. The molecule has 1 N–H and O–H groups in total. The quantitative estimate of drug-likeness (QED) is 0.792. The van der Waals surface area contributed by atoms with E-state index in [2.05, 4.69) is 9.62 Å². The molecule has 0 bridgehead atoms. The van der Waals surface area contributed by atoms with Gasteiger partial charge < -0.3 is 4.74 Å². The predicted octanol–water partition coefficient (Wildman–Crippen LogP) is 1.71. The van der Waals surface area contributed by atoms with Crippen molar-refractivity contribution in [1.82, 2.24) is 9.62 Å². The summed E-state index contributed by atoms with van der Waals surface area (Å²) in [5, 5.41) is 0. The van der Waals surface area contributed by atoms with E-state index < -0.39 is 21.8 Å². The number of sulfonamides is 1. The first kappa shape index (κ1) is 18.2. The maximum absolute atomic E-state index is 12.5. The minimum Gasteiger partial charge on any atom is -0.379 e.